The Morgan fingerprint density at radius 3 is 2.77 bits per heavy atom. The second-order valence-corrected chi connectivity index (χ2v) is 11.2. The molecule has 3 heterocycles. The summed E-state index contributed by atoms with van der Waals surface area (Å²) < 4.78 is 23.3. The molecule has 8 nitrogen and oxygen atoms in total. The van der Waals surface area contributed by atoms with E-state index in [1.807, 2.05) is 19.2 Å². The zero-order valence-corrected chi connectivity index (χ0v) is 18.5. The van der Waals surface area contributed by atoms with E-state index in [1.54, 1.807) is 6.33 Å². The minimum Gasteiger partial charge on any atom is -0.377 e. The van der Waals surface area contributed by atoms with Crippen LogP contribution >= 0.6 is 0 Å². The van der Waals surface area contributed by atoms with Gasteiger partial charge in [0.2, 0.25) is 6.54 Å². The van der Waals surface area contributed by atoms with E-state index in [-0.39, 0.29) is 6.54 Å². The maximum absolute atomic E-state index is 13.9. The van der Waals surface area contributed by atoms with Gasteiger partial charge >= 0.3 is 0 Å². The first-order valence-corrected chi connectivity index (χ1v) is 12.3. The van der Waals surface area contributed by atoms with E-state index in [0.29, 0.717) is 37.5 Å². The Morgan fingerprint density at radius 1 is 1.37 bits per heavy atom. The normalized spacial score (nSPS) is 25.1. The van der Waals surface area contributed by atoms with Gasteiger partial charge in [0, 0.05) is 31.6 Å². The summed E-state index contributed by atoms with van der Waals surface area (Å²) in [5.74, 6) is 1.92. The largest absolute Gasteiger partial charge is 0.377 e. The smallest absolute Gasteiger partial charge is 0.237 e. The average molecular weight is 431 g/mol. The maximum atomic E-state index is 13.9. The molecule has 0 radical (unpaired) electrons. The van der Waals surface area contributed by atoms with E-state index in [0.717, 1.165) is 42.5 Å². The van der Waals surface area contributed by atoms with Crippen LogP contribution in [0.4, 0.5) is 5.82 Å². The van der Waals surface area contributed by atoms with Gasteiger partial charge in [-0.1, -0.05) is 0 Å². The molecule has 2 aromatic rings. The summed E-state index contributed by atoms with van der Waals surface area (Å²) in [7, 11) is -0.365. The van der Waals surface area contributed by atoms with Crippen LogP contribution in [0, 0.1) is 12.5 Å². The molecule has 0 amide bonds. The SMILES string of the molecule is [C-]#[N+]CC1(S(=O)(CC2CCC(N(C)c3ncnc4[nH]ccc34)CC2)=NCC)COC1. The number of anilines is 1. The van der Waals surface area contributed by atoms with Gasteiger partial charge in [-0.15, -0.1) is 0 Å². The van der Waals surface area contributed by atoms with Crippen molar-refractivity contribution in [2.45, 2.75) is 43.4 Å². The average Bonchev–Trinajstić information content (AvgIpc) is 3.19. The van der Waals surface area contributed by atoms with Crippen molar-refractivity contribution in [1.29, 1.82) is 0 Å². The molecule has 0 spiro atoms. The number of ether oxygens (including phenoxy) is 1. The Labute approximate surface area is 178 Å². The van der Waals surface area contributed by atoms with Crippen molar-refractivity contribution in [3.63, 3.8) is 0 Å². The number of H-pyrrole nitrogens is 1. The van der Waals surface area contributed by atoms with Crippen molar-refractivity contribution in [3.8, 4) is 0 Å². The highest BCUT2D eigenvalue weighted by atomic mass is 32.2. The Balaban J connectivity index is 1.44. The Kier molecular flexibility index (Phi) is 5.98. The fourth-order valence-electron chi connectivity index (χ4n) is 4.76. The van der Waals surface area contributed by atoms with E-state index in [4.69, 9.17) is 11.3 Å². The van der Waals surface area contributed by atoms with Crippen LogP contribution in [0.25, 0.3) is 15.9 Å². The highest BCUT2D eigenvalue weighted by Crippen LogP contribution is 2.37. The molecule has 1 saturated heterocycles. The molecule has 0 aromatic carbocycles. The molecule has 1 atom stereocenters. The molecule has 162 valence electrons. The second kappa shape index (κ2) is 8.52. The van der Waals surface area contributed by atoms with E-state index in [1.165, 1.54) is 0 Å². The molecule has 1 saturated carbocycles. The summed E-state index contributed by atoms with van der Waals surface area (Å²) in [4.78, 5) is 17.8. The Morgan fingerprint density at radius 2 is 2.13 bits per heavy atom. The number of nitrogens with zero attached hydrogens (tertiary/aromatic N) is 5. The second-order valence-electron chi connectivity index (χ2n) is 8.47. The summed E-state index contributed by atoms with van der Waals surface area (Å²) in [6.45, 7) is 10.8. The van der Waals surface area contributed by atoms with Crippen LogP contribution in [-0.4, -0.2) is 69.1 Å². The lowest BCUT2D eigenvalue weighted by Crippen LogP contribution is -2.59. The number of nitrogens with one attached hydrogen (secondary N) is 1. The summed E-state index contributed by atoms with van der Waals surface area (Å²) in [5.41, 5.74) is 0.856. The highest BCUT2D eigenvalue weighted by Gasteiger charge is 2.52. The molecule has 9 heteroatoms. The van der Waals surface area contributed by atoms with E-state index < -0.39 is 14.5 Å². The predicted octanol–water partition coefficient (Wildman–Crippen LogP) is 3.13. The van der Waals surface area contributed by atoms with Crippen LogP contribution in [0.15, 0.2) is 23.0 Å². The summed E-state index contributed by atoms with van der Waals surface area (Å²) in [6, 6.07) is 2.42. The minimum absolute atomic E-state index is 0.244. The number of rotatable bonds is 7. The van der Waals surface area contributed by atoms with Crippen molar-refractivity contribution in [1.82, 2.24) is 15.0 Å². The van der Waals surface area contributed by atoms with Crippen LogP contribution in [-0.2, 0) is 14.5 Å². The van der Waals surface area contributed by atoms with Crippen molar-refractivity contribution < 1.29 is 8.95 Å². The van der Waals surface area contributed by atoms with Gasteiger partial charge in [0.1, 0.15) is 17.8 Å². The highest BCUT2D eigenvalue weighted by molar-refractivity contribution is 7.95. The first kappa shape index (κ1) is 21.1. The lowest BCUT2D eigenvalue weighted by Gasteiger charge is -2.41. The summed E-state index contributed by atoms with van der Waals surface area (Å²) >= 11 is 0. The molecule has 30 heavy (non-hydrogen) atoms. The van der Waals surface area contributed by atoms with Gasteiger partial charge in [-0.05, 0) is 44.6 Å². The maximum Gasteiger partial charge on any atom is 0.237 e. The van der Waals surface area contributed by atoms with Crippen LogP contribution in [0.2, 0.25) is 0 Å². The van der Waals surface area contributed by atoms with E-state index >= 15 is 0 Å². The number of hydrogen-bond acceptors (Lipinski definition) is 6. The zero-order valence-electron chi connectivity index (χ0n) is 17.7. The molecule has 0 bridgehead atoms. The van der Waals surface area contributed by atoms with Crippen LogP contribution in [0.5, 0.6) is 0 Å². The molecule has 1 aliphatic heterocycles. The first-order valence-electron chi connectivity index (χ1n) is 10.6. The molecule has 1 aliphatic carbocycles. The molecule has 2 aromatic heterocycles. The predicted molar refractivity (Wildman–Crippen MR) is 119 cm³/mol. The van der Waals surface area contributed by atoms with Gasteiger partial charge in [-0.3, -0.25) is 0 Å². The quantitative estimate of drug-likeness (QED) is 0.682. The summed E-state index contributed by atoms with van der Waals surface area (Å²) in [5, 5.41) is 1.04. The topological polar surface area (TPSA) is 87.8 Å². The Hall–Kier alpha value is -2.18. The van der Waals surface area contributed by atoms with Gasteiger partial charge in [0.25, 0.3) is 0 Å². The van der Waals surface area contributed by atoms with Crippen LogP contribution < -0.4 is 4.90 Å². The van der Waals surface area contributed by atoms with Crippen LogP contribution in [0.1, 0.15) is 32.6 Å². The fourth-order valence-corrected chi connectivity index (χ4v) is 7.68. The van der Waals surface area contributed by atoms with Crippen molar-refractivity contribution in [3.05, 3.63) is 30.0 Å². The minimum atomic E-state index is -2.47. The molecule has 1 N–H and O–H groups in total. The Bertz CT molecular complexity index is 1040. The van der Waals surface area contributed by atoms with Gasteiger partial charge < -0.3 is 19.5 Å². The number of fused-ring (bicyclic) bond motifs is 1. The monoisotopic (exact) mass is 430 g/mol. The molecule has 2 fully saturated rings. The fraction of sp³-hybridized carbons (Fsp3) is 0.667. The lowest BCUT2D eigenvalue weighted by atomic mass is 9.86. The standard InChI is InChI=1S/C21H30N6O2S/c1-4-26-30(28,21(12-22-2)13-29-14-21)11-16-5-7-17(8-6-16)27(3)20-18-9-10-23-19(18)24-15-25-20/h9-10,15-17H,4-8,11-14H2,1,3H3,(H,23,24,25). The third-order valence-corrected chi connectivity index (χ3v) is 9.92. The third kappa shape index (κ3) is 3.67. The van der Waals surface area contributed by atoms with Crippen molar-refractivity contribution in [2.24, 2.45) is 10.3 Å². The zero-order chi connectivity index (χ0) is 21.2. The van der Waals surface area contributed by atoms with Crippen molar-refractivity contribution in [2.75, 3.05) is 44.0 Å². The van der Waals surface area contributed by atoms with Gasteiger partial charge in [0.05, 0.1) is 28.3 Å². The summed E-state index contributed by atoms with van der Waals surface area (Å²) in [6.07, 6.45) is 7.60. The van der Waals surface area contributed by atoms with Crippen LogP contribution in [0.3, 0.4) is 0 Å². The molecule has 2 aliphatic rings. The van der Waals surface area contributed by atoms with E-state index in [9.17, 15) is 4.21 Å². The number of hydrogen-bond donors (Lipinski definition) is 1. The number of aromatic nitrogens is 3. The van der Waals surface area contributed by atoms with Gasteiger partial charge in [-0.2, -0.15) is 0 Å². The number of aromatic amines is 1. The lowest BCUT2D eigenvalue weighted by molar-refractivity contribution is -0.00477. The first-order chi connectivity index (χ1) is 14.5. The van der Waals surface area contributed by atoms with Gasteiger partial charge in [-0.25, -0.2) is 25.1 Å². The van der Waals surface area contributed by atoms with Crippen molar-refractivity contribution >= 4 is 26.6 Å². The molecular formula is C21H30N6O2S. The molecule has 1 unspecified atom stereocenters. The van der Waals surface area contributed by atoms with E-state index in [2.05, 4.69) is 36.1 Å². The molecular weight excluding hydrogens is 400 g/mol. The third-order valence-electron chi connectivity index (χ3n) is 6.60. The molecule has 4 rings (SSSR count). The van der Waals surface area contributed by atoms with Gasteiger partial charge in [0.15, 0.2) is 4.75 Å².